The topological polar surface area (TPSA) is 98.7 Å². The number of carbonyl (C=O) groups is 2. The van der Waals surface area contributed by atoms with E-state index in [0.29, 0.717) is 0 Å². The minimum absolute atomic E-state index is 0.302. The fourth-order valence-corrected chi connectivity index (χ4v) is 1.32. The zero-order valence-electron chi connectivity index (χ0n) is 9.91. The number of hydrogen-bond donors (Lipinski definition) is 4. The molecule has 0 saturated carbocycles. The molecule has 2 amide bonds. The molecule has 94 valence electrons. The average molecular weight is 232 g/mol. The molecule has 0 aliphatic rings. The molecule has 0 fully saturated rings. The van der Waals surface area contributed by atoms with Crippen molar-refractivity contribution in [3.63, 3.8) is 0 Å². The summed E-state index contributed by atoms with van der Waals surface area (Å²) in [6.45, 7) is 5.46. The molecule has 0 aromatic heterocycles. The van der Waals surface area contributed by atoms with Crippen LogP contribution in [0, 0.1) is 0 Å². The van der Waals surface area contributed by atoms with Crippen LogP contribution in [0.4, 0.5) is 4.79 Å². The standard InChI is InChI=1S/C10H20N2O4/c1-4-5-10(2,3)12-9(16)11-6-7(13)8(14)15/h7,13H,4-6H2,1-3H3,(H,14,15)(H2,11,12,16). The van der Waals surface area contributed by atoms with Crippen LogP contribution >= 0.6 is 0 Å². The number of aliphatic hydroxyl groups excluding tert-OH is 1. The fraction of sp³-hybridized carbons (Fsp3) is 0.800. The predicted molar refractivity (Wildman–Crippen MR) is 59.2 cm³/mol. The van der Waals surface area contributed by atoms with Crippen molar-refractivity contribution in [1.82, 2.24) is 10.6 Å². The second kappa shape index (κ2) is 6.32. The zero-order chi connectivity index (χ0) is 12.8. The normalized spacial score (nSPS) is 13.0. The van der Waals surface area contributed by atoms with Crippen molar-refractivity contribution < 1.29 is 19.8 Å². The quantitative estimate of drug-likeness (QED) is 0.529. The maximum Gasteiger partial charge on any atom is 0.334 e. The Morgan fingerprint density at radius 3 is 2.38 bits per heavy atom. The van der Waals surface area contributed by atoms with Crippen LogP contribution in [0.2, 0.25) is 0 Å². The number of aliphatic hydroxyl groups is 1. The van der Waals surface area contributed by atoms with Gasteiger partial charge in [-0.1, -0.05) is 13.3 Å². The molecule has 0 bridgehead atoms. The van der Waals surface area contributed by atoms with Crippen molar-refractivity contribution in [2.75, 3.05) is 6.54 Å². The second-order valence-electron chi connectivity index (χ2n) is 4.32. The van der Waals surface area contributed by atoms with Crippen LogP contribution in [-0.2, 0) is 4.79 Å². The lowest BCUT2D eigenvalue weighted by atomic mass is 9.99. The van der Waals surface area contributed by atoms with Crippen molar-refractivity contribution in [2.24, 2.45) is 0 Å². The molecular formula is C10H20N2O4. The summed E-state index contributed by atoms with van der Waals surface area (Å²) in [6, 6.07) is -0.473. The molecule has 0 aliphatic heterocycles. The van der Waals surface area contributed by atoms with Crippen LogP contribution in [0.1, 0.15) is 33.6 Å². The number of amides is 2. The lowest BCUT2D eigenvalue weighted by molar-refractivity contribution is -0.146. The van der Waals surface area contributed by atoms with Crippen molar-refractivity contribution in [2.45, 2.75) is 45.3 Å². The average Bonchev–Trinajstić information content (AvgIpc) is 2.12. The zero-order valence-corrected chi connectivity index (χ0v) is 9.91. The van der Waals surface area contributed by atoms with Gasteiger partial charge in [0, 0.05) is 5.54 Å². The number of aliphatic carboxylic acids is 1. The Balaban J connectivity index is 3.95. The third kappa shape index (κ3) is 6.23. The fourth-order valence-electron chi connectivity index (χ4n) is 1.32. The summed E-state index contributed by atoms with van der Waals surface area (Å²) >= 11 is 0. The van der Waals surface area contributed by atoms with E-state index in [4.69, 9.17) is 10.2 Å². The Morgan fingerprint density at radius 1 is 1.38 bits per heavy atom. The van der Waals surface area contributed by atoms with Crippen LogP contribution in [-0.4, -0.2) is 40.4 Å². The lowest BCUT2D eigenvalue weighted by Gasteiger charge is -2.25. The molecule has 0 rings (SSSR count). The van der Waals surface area contributed by atoms with E-state index < -0.39 is 18.1 Å². The highest BCUT2D eigenvalue weighted by Crippen LogP contribution is 2.09. The summed E-state index contributed by atoms with van der Waals surface area (Å²) in [5.74, 6) is -1.35. The molecule has 6 heteroatoms. The third-order valence-corrected chi connectivity index (χ3v) is 2.07. The van der Waals surface area contributed by atoms with Gasteiger partial charge in [-0.05, 0) is 20.3 Å². The Morgan fingerprint density at radius 2 is 1.94 bits per heavy atom. The smallest absolute Gasteiger partial charge is 0.334 e. The van der Waals surface area contributed by atoms with E-state index in [2.05, 4.69) is 10.6 Å². The van der Waals surface area contributed by atoms with Crippen LogP contribution in [0.25, 0.3) is 0 Å². The molecule has 0 aliphatic carbocycles. The van der Waals surface area contributed by atoms with Gasteiger partial charge in [0.2, 0.25) is 0 Å². The van der Waals surface area contributed by atoms with Gasteiger partial charge in [-0.2, -0.15) is 0 Å². The summed E-state index contributed by atoms with van der Waals surface area (Å²) in [5, 5.41) is 22.3. The predicted octanol–water partition coefficient (Wildman–Crippen LogP) is 0.310. The first-order valence-electron chi connectivity index (χ1n) is 5.25. The Bertz CT molecular complexity index is 253. The van der Waals surface area contributed by atoms with E-state index in [0.717, 1.165) is 12.8 Å². The van der Waals surface area contributed by atoms with Crippen LogP contribution in [0.5, 0.6) is 0 Å². The highest BCUT2D eigenvalue weighted by atomic mass is 16.4. The molecule has 0 heterocycles. The van der Waals surface area contributed by atoms with Gasteiger partial charge in [0.25, 0.3) is 0 Å². The molecule has 0 spiro atoms. The summed E-state index contributed by atoms with van der Waals surface area (Å²) < 4.78 is 0. The largest absolute Gasteiger partial charge is 0.479 e. The van der Waals surface area contributed by atoms with E-state index in [1.807, 2.05) is 20.8 Å². The number of rotatable bonds is 6. The molecule has 1 atom stereocenters. The SMILES string of the molecule is CCCC(C)(C)NC(=O)NCC(O)C(=O)O. The molecule has 0 saturated heterocycles. The van der Waals surface area contributed by atoms with Gasteiger partial charge in [-0.15, -0.1) is 0 Å². The lowest BCUT2D eigenvalue weighted by Crippen LogP contribution is -2.50. The van der Waals surface area contributed by atoms with E-state index in [1.54, 1.807) is 0 Å². The summed E-state index contributed by atoms with van der Waals surface area (Å²) in [6.07, 6.45) is 0.187. The van der Waals surface area contributed by atoms with E-state index >= 15 is 0 Å². The minimum atomic E-state index is -1.57. The van der Waals surface area contributed by atoms with Crippen molar-refractivity contribution >= 4 is 12.0 Å². The highest BCUT2D eigenvalue weighted by Gasteiger charge is 2.20. The first-order chi connectivity index (χ1) is 7.28. The monoisotopic (exact) mass is 232 g/mol. The molecule has 4 N–H and O–H groups in total. The maximum atomic E-state index is 11.3. The Hall–Kier alpha value is -1.30. The Kier molecular flexibility index (Phi) is 5.81. The summed E-state index contributed by atoms with van der Waals surface area (Å²) in [5.41, 5.74) is -0.340. The number of nitrogens with one attached hydrogen (secondary N) is 2. The van der Waals surface area contributed by atoms with Gasteiger partial charge in [0.1, 0.15) is 0 Å². The van der Waals surface area contributed by atoms with Gasteiger partial charge >= 0.3 is 12.0 Å². The van der Waals surface area contributed by atoms with Crippen molar-refractivity contribution in [3.8, 4) is 0 Å². The molecule has 1 unspecified atom stereocenters. The van der Waals surface area contributed by atoms with Crippen LogP contribution in [0.15, 0.2) is 0 Å². The second-order valence-corrected chi connectivity index (χ2v) is 4.32. The van der Waals surface area contributed by atoms with Crippen molar-refractivity contribution in [3.05, 3.63) is 0 Å². The molecule has 0 aromatic rings. The number of carbonyl (C=O) groups excluding carboxylic acids is 1. The maximum absolute atomic E-state index is 11.3. The molecule has 16 heavy (non-hydrogen) atoms. The van der Waals surface area contributed by atoms with E-state index in [9.17, 15) is 9.59 Å². The van der Waals surface area contributed by atoms with Crippen LogP contribution < -0.4 is 10.6 Å². The van der Waals surface area contributed by atoms with Gasteiger partial charge in [-0.25, -0.2) is 9.59 Å². The van der Waals surface area contributed by atoms with E-state index in [-0.39, 0.29) is 12.1 Å². The van der Waals surface area contributed by atoms with Crippen molar-refractivity contribution in [1.29, 1.82) is 0 Å². The molecule has 0 aromatic carbocycles. The summed E-state index contributed by atoms with van der Waals surface area (Å²) in [7, 11) is 0. The van der Waals surface area contributed by atoms with Gasteiger partial charge in [0.05, 0.1) is 6.54 Å². The third-order valence-electron chi connectivity index (χ3n) is 2.07. The van der Waals surface area contributed by atoms with E-state index in [1.165, 1.54) is 0 Å². The van der Waals surface area contributed by atoms with Gasteiger partial charge < -0.3 is 20.8 Å². The molecule has 0 radical (unpaired) electrons. The number of carboxylic acids is 1. The first-order valence-corrected chi connectivity index (χ1v) is 5.25. The highest BCUT2D eigenvalue weighted by molar-refractivity contribution is 5.77. The Labute approximate surface area is 95.0 Å². The van der Waals surface area contributed by atoms with Gasteiger partial charge in [0.15, 0.2) is 6.10 Å². The van der Waals surface area contributed by atoms with Crippen LogP contribution in [0.3, 0.4) is 0 Å². The minimum Gasteiger partial charge on any atom is -0.479 e. The van der Waals surface area contributed by atoms with Gasteiger partial charge in [-0.3, -0.25) is 0 Å². The number of urea groups is 1. The number of carboxylic acid groups (broad SMARTS) is 1. The molecule has 6 nitrogen and oxygen atoms in total. The number of hydrogen-bond acceptors (Lipinski definition) is 3. The summed E-state index contributed by atoms with van der Waals surface area (Å²) in [4.78, 5) is 21.6. The molecular weight excluding hydrogens is 212 g/mol. The first kappa shape index (κ1) is 14.7.